The molecule has 23 unspecified atom stereocenters. The molecular weight excluding hydrogens is 987 g/mol. The second-order valence-corrected chi connectivity index (χ2v) is 28.7. The highest BCUT2D eigenvalue weighted by atomic mass is 16.5. The Morgan fingerprint density at radius 1 is 0.835 bits per heavy atom. The second kappa shape index (κ2) is 18.2. The molecular formula is C69H83NO9. The predicted molar refractivity (Wildman–Crippen MR) is 297 cm³/mol. The normalized spacial score (nSPS) is 50.4. The van der Waals surface area contributed by atoms with Gasteiger partial charge in [-0.2, -0.15) is 0 Å². The molecule has 79 heavy (non-hydrogen) atoms. The summed E-state index contributed by atoms with van der Waals surface area (Å²) in [5.74, 6) is 12.6. The number of fused-ring (bicyclic) bond motifs is 5. The number of carbonyl (C=O) groups excluding carboxylic acids is 2. The first kappa shape index (κ1) is 51.8. The number of hydrogen-bond donors (Lipinski definition) is 7. The van der Waals surface area contributed by atoms with Gasteiger partial charge < -0.3 is 45.5 Å². The molecule has 9 bridgehead atoms. The average Bonchev–Trinajstić information content (AvgIpc) is 1.67. The van der Waals surface area contributed by atoms with Gasteiger partial charge in [0.15, 0.2) is 0 Å². The molecule has 7 N–H and O–H groups in total. The fourth-order valence-electron chi connectivity index (χ4n) is 24.4. The van der Waals surface area contributed by atoms with Gasteiger partial charge >= 0.3 is 5.97 Å². The predicted octanol–water partition coefficient (Wildman–Crippen LogP) is 8.13. The molecule has 2 spiro atoms. The van der Waals surface area contributed by atoms with Gasteiger partial charge in [-0.15, -0.1) is 5.92 Å². The van der Waals surface area contributed by atoms with E-state index in [1.165, 1.54) is 31.2 Å². The summed E-state index contributed by atoms with van der Waals surface area (Å²) in [6.45, 7) is -0.552. The van der Waals surface area contributed by atoms with Crippen LogP contribution in [0.1, 0.15) is 150 Å². The van der Waals surface area contributed by atoms with Crippen LogP contribution in [0.25, 0.3) is 0 Å². The van der Waals surface area contributed by atoms with Crippen molar-refractivity contribution in [3.8, 4) is 23.7 Å². The summed E-state index contributed by atoms with van der Waals surface area (Å²) in [4.78, 5) is 30.0. The van der Waals surface area contributed by atoms with Crippen LogP contribution in [0.5, 0.6) is 0 Å². The molecule has 0 aromatic heterocycles. The third kappa shape index (κ3) is 6.48. The molecule has 0 saturated heterocycles. The van der Waals surface area contributed by atoms with E-state index >= 15 is 15.0 Å². The van der Waals surface area contributed by atoms with Crippen LogP contribution >= 0.6 is 0 Å². The Hall–Kier alpha value is -4.10. The number of esters is 1. The Balaban J connectivity index is 0.985. The van der Waals surface area contributed by atoms with Gasteiger partial charge in [0.2, 0.25) is 0 Å². The van der Waals surface area contributed by atoms with Crippen LogP contribution in [0.15, 0.2) is 72.3 Å². The summed E-state index contributed by atoms with van der Waals surface area (Å²) in [6.07, 6.45) is 18.9. The van der Waals surface area contributed by atoms with Gasteiger partial charge in [0.1, 0.15) is 18.0 Å². The quantitative estimate of drug-likeness (QED) is 0.0648. The topological polar surface area (TPSA) is 177 Å². The van der Waals surface area contributed by atoms with Crippen LogP contribution in [0.2, 0.25) is 0 Å². The van der Waals surface area contributed by atoms with Crippen molar-refractivity contribution >= 4 is 12.3 Å². The van der Waals surface area contributed by atoms with Crippen molar-refractivity contribution in [1.82, 2.24) is 5.32 Å². The maximum atomic E-state index is 15.8. The van der Waals surface area contributed by atoms with E-state index in [4.69, 9.17) is 4.74 Å². The van der Waals surface area contributed by atoms with Crippen molar-refractivity contribution in [3.05, 3.63) is 94.6 Å². The number of allylic oxidation sites excluding steroid dienone is 2. The van der Waals surface area contributed by atoms with Gasteiger partial charge in [-0.1, -0.05) is 98.1 Å². The van der Waals surface area contributed by atoms with Crippen molar-refractivity contribution in [2.45, 2.75) is 176 Å². The maximum Gasteiger partial charge on any atom is 0.331 e. The van der Waals surface area contributed by atoms with E-state index in [-0.39, 0.29) is 86.2 Å². The summed E-state index contributed by atoms with van der Waals surface area (Å²) < 4.78 is 6.50. The fraction of sp³-hybridized carbons (Fsp3) is 0.681. The number of likely N-dealkylation sites (N-methyl/N-ethyl adjacent to an activating group) is 1. The molecule has 14 aliphatic rings. The molecule has 9 saturated carbocycles. The Labute approximate surface area is 467 Å². The van der Waals surface area contributed by atoms with Crippen LogP contribution in [0.3, 0.4) is 0 Å². The van der Waals surface area contributed by atoms with Crippen molar-refractivity contribution < 1.29 is 45.0 Å². The molecule has 9 fully saturated rings. The minimum Gasteiger partial charge on any atom is -0.454 e. The molecule has 13 aliphatic carbocycles. The van der Waals surface area contributed by atoms with Gasteiger partial charge in [0.25, 0.3) is 0 Å². The zero-order chi connectivity index (χ0) is 54.1. The van der Waals surface area contributed by atoms with Crippen LogP contribution < -0.4 is 5.32 Å². The Morgan fingerprint density at radius 3 is 2.44 bits per heavy atom. The standard InChI is InChI=1S/C69H83NO9/c1-70-58-31-52-42(17-9-20-45(52)36-71)16-7-8-26-65-33-44-19-11-22-50-49(41-12-3-2-4-13-41)23-24-55-51(50)25-27-63(55)37-64(38-72)61(44)67(76,68(65,77)35-46-29-54(58)60-56(32-59(74)79-60)66(46,65)39-73)34-47-30-53-43(28-57(62(63)75)69(47,64)78)18-10-21-48(53)40-14-5-6-15-40/h2-4,9-10,12-13,17-18,20,32,38,40,43-44,46-51,53-55,57-58,60-62,70-71,73,75-78H,5-6,8,14-15,21-31,33-37,39H2,1H3. The lowest BCUT2D eigenvalue weighted by molar-refractivity contribution is -0.368. The van der Waals surface area contributed by atoms with Gasteiger partial charge in [-0.25, -0.2) is 4.79 Å². The number of carbonyl (C=O) groups is 2. The summed E-state index contributed by atoms with van der Waals surface area (Å²) in [5, 5.41) is 86.7. The lowest BCUT2D eigenvalue weighted by Gasteiger charge is -2.75. The molecule has 1 heterocycles. The van der Waals surface area contributed by atoms with E-state index in [0.717, 1.165) is 55.1 Å². The van der Waals surface area contributed by atoms with Crippen molar-refractivity contribution in [3.63, 3.8) is 0 Å². The Morgan fingerprint density at radius 2 is 1.66 bits per heavy atom. The lowest BCUT2D eigenvalue weighted by Crippen LogP contribution is -2.84. The van der Waals surface area contributed by atoms with Crippen molar-refractivity contribution in [2.24, 2.45) is 98.6 Å². The minimum atomic E-state index is -2.01. The minimum absolute atomic E-state index is 0.0309. The van der Waals surface area contributed by atoms with E-state index in [9.17, 15) is 25.2 Å². The molecule has 0 amide bonds. The summed E-state index contributed by atoms with van der Waals surface area (Å²) in [6, 6.07) is 16.5. The zero-order valence-electron chi connectivity index (χ0n) is 46.2. The van der Waals surface area contributed by atoms with Gasteiger partial charge in [-0.05, 0) is 184 Å². The number of hydrogen-bond acceptors (Lipinski definition) is 10. The monoisotopic (exact) mass is 1070 g/mol. The summed E-state index contributed by atoms with van der Waals surface area (Å²) in [7, 11) is 1.92. The smallest absolute Gasteiger partial charge is 0.331 e. The zero-order valence-corrected chi connectivity index (χ0v) is 46.2. The molecule has 418 valence electrons. The lowest BCUT2D eigenvalue weighted by atomic mass is 9.31. The maximum absolute atomic E-state index is 15.8. The highest BCUT2D eigenvalue weighted by molar-refractivity contribution is 5.87. The number of benzene rings is 2. The van der Waals surface area contributed by atoms with Gasteiger partial charge in [-0.3, -0.25) is 0 Å². The fourth-order valence-corrected chi connectivity index (χ4v) is 24.4. The van der Waals surface area contributed by atoms with E-state index in [0.29, 0.717) is 55.9 Å². The van der Waals surface area contributed by atoms with Crippen LogP contribution in [0.4, 0.5) is 0 Å². The van der Waals surface area contributed by atoms with Crippen molar-refractivity contribution in [2.75, 3.05) is 13.7 Å². The van der Waals surface area contributed by atoms with E-state index in [1.54, 1.807) is 6.08 Å². The first-order chi connectivity index (χ1) is 38.3. The number of aliphatic hydroxyl groups excluding tert-OH is 3. The number of nitrogens with one attached hydrogen (secondary N) is 1. The number of aliphatic hydroxyl groups is 6. The van der Waals surface area contributed by atoms with E-state index in [2.05, 4.69) is 71.5 Å². The molecule has 16 rings (SSSR count). The molecule has 10 nitrogen and oxygen atoms in total. The number of rotatable bonds is 6. The van der Waals surface area contributed by atoms with Crippen molar-refractivity contribution in [1.29, 1.82) is 0 Å². The number of ether oxygens (including phenoxy) is 1. The van der Waals surface area contributed by atoms with Gasteiger partial charge in [0.05, 0.1) is 35.9 Å². The van der Waals surface area contributed by atoms with Gasteiger partial charge in [0, 0.05) is 70.4 Å². The Kier molecular flexibility index (Phi) is 11.9. The summed E-state index contributed by atoms with van der Waals surface area (Å²) >= 11 is 0. The third-order valence-electron chi connectivity index (χ3n) is 27.0. The molecule has 2 aromatic carbocycles. The molecule has 10 heteroatoms. The first-order valence-corrected chi connectivity index (χ1v) is 31.2. The Bertz CT molecular complexity index is 3020. The molecule has 1 aliphatic heterocycles. The van der Waals surface area contributed by atoms with Crippen LogP contribution in [-0.4, -0.2) is 91.6 Å². The first-order valence-electron chi connectivity index (χ1n) is 31.2. The number of aldehydes is 1. The largest absolute Gasteiger partial charge is 0.454 e. The molecule has 23 atom stereocenters. The van der Waals surface area contributed by atoms with E-state index < -0.39 is 92.8 Å². The third-order valence-corrected chi connectivity index (χ3v) is 27.0. The average molecular weight is 1070 g/mol. The highest BCUT2D eigenvalue weighted by Gasteiger charge is 2.89. The molecule has 2 aromatic rings. The second-order valence-electron chi connectivity index (χ2n) is 28.7. The summed E-state index contributed by atoms with van der Waals surface area (Å²) in [5.41, 5.74) is -6.06. The highest BCUT2D eigenvalue weighted by Crippen LogP contribution is 2.84. The van der Waals surface area contributed by atoms with Crippen LogP contribution in [0, 0.1) is 122 Å². The van der Waals surface area contributed by atoms with Crippen LogP contribution in [-0.2, 0) is 27.4 Å². The molecule has 0 radical (unpaired) electrons. The van der Waals surface area contributed by atoms with E-state index in [1.807, 2.05) is 25.2 Å². The SMILES string of the molecule is CNC1Cc2c(cccc2CO)C#CCCC23CC4C#CCC5C(c6ccccc6)CCC6C5CCC65CC6(C=O)C4C(O)(CC4CC7C(C=CCC7C7CCCC7)CC(C5O)C46O)C2(O)CC2CC1C1OC(=O)C=C1C23CO.